The minimum Gasteiger partial charge on any atom is -0.508 e. The molecule has 0 radical (unpaired) electrons. The van der Waals surface area contributed by atoms with Crippen molar-refractivity contribution in [3.05, 3.63) is 29.6 Å². The molecule has 1 unspecified atom stereocenters. The van der Waals surface area contributed by atoms with E-state index in [1.165, 1.54) is 6.07 Å². The summed E-state index contributed by atoms with van der Waals surface area (Å²) in [5, 5.41) is 12.5. The molecule has 0 heterocycles. The van der Waals surface area contributed by atoms with Crippen molar-refractivity contribution in [1.29, 1.82) is 0 Å². The Hall–Kier alpha value is -1.13. The third-order valence-electron chi connectivity index (χ3n) is 3.36. The maximum absolute atomic E-state index is 13.6. The topological polar surface area (TPSA) is 41.5 Å². The number of hydrogen-bond acceptors (Lipinski definition) is 3. The third-order valence-corrected chi connectivity index (χ3v) is 3.36. The Morgan fingerprint density at radius 2 is 2.18 bits per heavy atom. The van der Waals surface area contributed by atoms with E-state index in [9.17, 15) is 4.39 Å². The SMILES string of the molecule is COC1CC(NC(C)c2ccc(O)cc2F)C1. The number of phenolic OH excluding ortho intramolecular Hbond substituents is 1. The smallest absolute Gasteiger partial charge is 0.131 e. The molecule has 1 atom stereocenters. The molecule has 1 aromatic carbocycles. The van der Waals surface area contributed by atoms with E-state index in [2.05, 4.69) is 5.32 Å². The van der Waals surface area contributed by atoms with Gasteiger partial charge in [-0.1, -0.05) is 6.07 Å². The summed E-state index contributed by atoms with van der Waals surface area (Å²) in [7, 11) is 1.71. The van der Waals surface area contributed by atoms with Crippen LogP contribution < -0.4 is 5.32 Å². The van der Waals surface area contributed by atoms with E-state index < -0.39 is 0 Å². The molecule has 1 saturated carbocycles. The van der Waals surface area contributed by atoms with Crippen molar-refractivity contribution in [2.24, 2.45) is 0 Å². The molecular weight excluding hydrogens is 221 g/mol. The first-order valence-corrected chi connectivity index (χ1v) is 5.87. The minimum atomic E-state index is -0.368. The summed E-state index contributed by atoms with van der Waals surface area (Å²) in [4.78, 5) is 0. The summed E-state index contributed by atoms with van der Waals surface area (Å²) in [5.41, 5.74) is 0.587. The van der Waals surface area contributed by atoms with E-state index in [0.29, 0.717) is 17.7 Å². The van der Waals surface area contributed by atoms with Crippen LogP contribution in [-0.2, 0) is 4.74 Å². The molecule has 0 bridgehead atoms. The van der Waals surface area contributed by atoms with Crippen molar-refractivity contribution in [3.63, 3.8) is 0 Å². The maximum Gasteiger partial charge on any atom is 0.131 e. The van der Waals surface area contributed by atoms with Crippen molar-refractivity contribution in [3.8, 4) is 5.75 Å². The average molecular weight is 239 g/mol. The number of methoxy groups -OCH3 is 1. The number of phenols is 1. The molecule has 2 rings (SSSR count). The van der Waals surface area contributed by atoms with Crippen LogP contribution in [0.5, 0.6) is 5.75 Å². The quantitative estimate of drug-likeness (QED) is 0.847. The molecule has 0 spiro atoms. The monoisotopic (exact) mass is 239 g/mol. The Labute approximate surface area is 101 Å². The van der Waals surface area contributed by atoms with E-state index >= 15 is 0 Å². The van der Waals surface area contributed by atoms with E-state index in [-0.39, 0.29) is 17.6 Å². The largest absolute Gasteiger partial charge is 0.508 e. The number of nitrogens with one attached hydrogen (secondary N) is 1. The van der Waals surface area contributed by atoms with Gasteiger partial charge >= 0.3 is 0 Å². The molecule has 0 aromatic heterocycles. The van der Waals surface area contributed by atoms with Gasteiger partial charge in [0.25, 0.3) is 0 Å². The predicted octanol–water partition coefficient (Wildman–Crippen LogP) is 2.36. The third kappa shape index (κ3) is 2.76. The zero-order valence-corrected chi connectivity index (χ0v) is 10.1. The summed E-state index contributed by atoms with van der Waals surface area (Å²) in [5.74, 6) is -0.408. The predicted molar refractivity (Wildman–Crippen MR) is 63.4 cm³/mol. The highest BCUT2D eigenvalue weighted by atomic mass is 19.1. The lowest BCUT2D eigenvalue weighted by atomic mass is 9.88. The van der Waals surface area contributed by atoms with Crippen LogP contribution in [0.15, 0.2) is 18.2 Å². The van der Waals surface area contributed by atoms with Gasteiger partial charge in [-0.15, -0.1) is 0 Å². The van der Waals surface area contributed by atoms with Gasteiger partial charge in [0.1, 0.15) is 11.6 Å². The number of halogens is 1. The summed E-state index contributed by atoms with van der Waals surface area (Å²) < 4.78 is 18.8. The molecule has 0 amide bonds. The molecule has 3 nitrogen and oxygen atoms in total. The van der Waals surface area contributed by atoms with E-state index in [0.717, 1.165) is 18.9 Å². The molecule has 0 aliphatic heterocycles. The Bertz CT molecular complexity index is 391. The Kier molecular flexibility index (Phi) is 3.64. The summed E-state index contributed by atoms with van der Waals surface area (Å²) in [6.07, 6.45) is 2.28. The highest BCUT2D eigenvalue weighted by molar-refractivity contribution is 5.29. The first kappa shape index (κ1) is 12.3. The van der Waals surface area contributed by atoms with E-state index in [4.69, 9.17) is 9.84 Å². The number of ether oxygens (including phenoxy) is 1. The van der Waals surface area contributed by atoms with Crippen LogP contribution in [0.4, 0.5) is 4.39 Å². The molecule has 4 heteroatoms. The van der Waals surface area contributed by atoms with Gasteiger partial charge in [0.15, 0.2) is 0 Å². The number of aromatic hydroxyl groups is 1. The van der Waals surface area contributed by atoms with Crippen molar-refractivity contribution in [2.75, 3.05) is 7.11 Å². The van der Waals surface area contributed by atoms with Crippen molar-refractivity contribution in [2.45, 2.75) is 38.0 Å². The number of hydrogen-bond donors (Lipinski definition) is 2. The highest BCUT2D eigenvalue weighted by Gasteiger charge is 2.30. The van der Waals surface area contributed by atoms with Crippen LogP contribution >= 0.6 is 0 Å². The normalized spacial score (nSPS) is 25.4. The second-order valence-electron chi connectivity index (χ2n) is 4.62. The van der Waals surface area contributed by atoms with Gasteiger partial charge in [0.2, 0.25) is 0 Å². The Balaban J connectivity index is 1.93. The average Bonchev–Trinajstić information content (AvgIpc) is 2.22. The molecule has 0 saturated heterocycles. The molecule has 17 heavy (non-hydrogen) atoms. The standard InChI is InChI=1S/C13H18FNO2/c1-8(15-9-5-11(6-9)17-2)12-4-3-10(16)7-13(12)14/h3-4,7-9,11,15-16H,5-6H2,1-2H3. The molecule has 2 N–H and O–H groups in total. The molecular formula is C13H18FNO2. The fourth-order valence-corrected chi connectivity index (χ4v) is 2.20. The first-order valence-electron chi connectivity index (χ1n) is 5.87. The van der Waals surface area contributed by atoms with E-state index in [1.807, 2.05) is 6.92 Å². The van der Waals surface area contributed by atoms with Gasteiger partial charge in [0, 0.05) is 30.8 Å². The van der Waals surface area contributed by atoms with Gasteiger partial charge in [-0.05, 0) is 25.8 Å². The highest BCUT2D eigenvalue weighted by Crippen LogP contribution is 2.27. The lowest BCUT2D eigenvalue weighted by Gasteiger charge is -2.36. The van der Waals surface area contributed by atoms with Gasteiger partial charge in [-0.2, -0.15) is 0 Å². The van der Waals surface area contributed by atoms with Crippen LogP contribution in [0.2, 0.25) is 0 Å². The summed E-state index contributed by atoms with van der Waals surface area (Å²) >= 11 is 0. The lowest BCUT2D eigenvalue weighted by Crippen LogP contribution is -2.45. The van der Waals surface area contributed by atoms with Crippen LogP contribution in [0.1, 0.15) is 31.4 Å². The second-order valence-corrected chi connectivity index (χ2v) is 4.62. The molecule has 1 aromatic rings. The molecule has 1 aliphatic carbocycles. The van der Waals surface area contributed by atoms with Crippen LogP contribution in [0.3, 0.4) is 0 Å². The van der Waals surface area contributed by atoms with Gasteiger partial charge < -0.3 is 15.2 Å². The summed E-state index contributed by atoms with van der Waals surface area (Å²) in [6, 6.07) is 4.61. The van der Waals surface area contributed by atoms with E-state index in [1.54, 1.807) is 13.2 Å². The lowest BCUT2D eigenvalue weighted by molar-refractivity contribution is 0.0146. The van der Waals surface area contributed by atoms with Crippen LogP contribution in [-0.4, -0.2) is 24.4 Å². The summed E-state index contributed by atoms with van der Waals surface area (Å²) in [6.45, 7) is 1.93. The Morgan fingerprint density at radius 1 is 1.47 bits per heavy atom. The van der Waals surface area contributed by atoms with Crippen LogP contribution in [0.25, 0.3) is 0 Å². The second kappa shape index (κ2) is 5.02. The zero-order chi connectivity index (χ0) is 12.4. The van der Waals surface area contributed by atoms with Crippen molar-refractivity contribution < 1.29 is 14.2 Å². The minimum absolute atomic E-state index is 0.0402. The molecule has 1 fully saturated rings. The number of rotatable bonds is 4. The van der Waals surface area contributed by atoms with Crippen LogP contribution in [0, 0.1) is 5.82 Å². The van der Waals surface area contributed by atoms with Gasteiger partial charge in [-0.3, -0.25) is 0 Å². The maximum atomic E-state index is 13.6. The first-order chi connectivity index (χ1) is 8.10. The van der Waals surface area contributed by atoms with Gasteiger partial charge in [-0.25, -0.2) is 4.39 Å². The fourth-order valence-electron chi connectivity index (χ4n) is 2.20. The van der Waals surface area contributed by atoms with Crippen molar-refractivity contribution >= 4 is 0 Å². The number of benzene rings is 1. The molecule has 94 valence electrons. The molecule has 1 aliphatic rings. The fraction of sp³-hybridized carbons (Fsp3) is 0.538. The Morgan fingerprint density at radius 3 is 2.76 bits per heavy atom. The zero-order valence-electron chi connectivity index (χ0n) is 10.1. The van der Waals surface area contributed by atoms with Gasteiger partial charge in [0.05, 0.1) is 6.10 Å². The van der Waals surface area contributed by atoms with Crippen molar-refractivity contribution in [1.82, 2.24) is 5.32 Å².